The summed E-state index contributed by atoms with van der Waals surface area (Å²) >= 11 is 0. The second kappa shape index (κ2) is 15.1. The van der Waals surface area contributed by atoms with Crippen LogP contribution in [0.2, 0.25) is 0 Å². The molecule has 0 aliphatic carbocycles. The van der Waals surface area contributed by atoms with Crippen molar-refractivity contribution in [1.29, 1.82) is 0 Å². The maximum Gasteiger partial charge on any atom is 0.341 e. The number of pyridine rings is 1. The number of carbonyl (C=O) groups is 1. The van der Waals surface area contributed by atoms with Crippen LogP contribution in [0.25, 0.3) is 22.2 Å². The molecule has 5 aromatic rings. The molecule has 1 unspecified atom stereocenters. The van der Waals surface area contributed by atoms with Crippen LogP contribution in [0, 0.1) is 0 Å². The summed E-state index contributed by atoms with van der Waals surface area (Å²) in [6, 6.07) is 28.9. The van der Waals surface area contributed by atoms with Crippen molar-refractivity contribution in [2.75, 3.05) is 24.6 Å². The van der Waals surface area contributed by atoms with Gasteiger partial charge in [0.2, 0.25) is 5.60 Å². The zero-order chi connectivity index (χ0) is 33.5. The van der Waals surface area contributed by atoms with E-state index in [4.69, 9.17) is 14.5 Å². The minimum atomic E-state index is -1.34. The number of cyclic esters (lactones) is 1. The van der Waals surface area contributed by atoms with Gasteiger partial charge in [-0.25, -0.2) is 4.79 Å². The third-order valence-electron chi connectivity index (χ3n) is 9.64. The first-order valence-corrected chi connectivity index (χ1v) is 17.9. The van der Waals surface area contributed by atoms with Crippen molar-refractivity contribution in [3.05, 3.63) is 114 Å². The number of aromatic nitrogens is 2. The minimum Gasteiger partial charge on any atom is -0.493 e. The number of ether oxygens (including phenoxy) is 2. The van der Waals surface area contributed by atoms with Gasteiger partial charge in [-0.3, -0.25) is 4.98 Å². The Labute approximate surface area is 285 Å². The number of aryl methyl sites for hydroxylation is 1. The molecule has 3 aromatic carbocycles. The van der Waals surface area contributed by atoms with Gasteiger partial charge in [-0.05, 0) is 55.2 Å². The number of hydrogen-bond acceptors (Lipinski definition) is 5. The Morgan fingerprint density at radius 3 is 2.29 bits per heavy atom. The lowest BCUT2D eigenvalue weighted by molar-refractivity contribution is 0.0241. The highest BCUT2D eigenvalue weighted by molar-refractivity contribution is 6.00. The summed E-state index contributed by atoms with van der Waals surface area (Å²) < 4.78 is 15.8. The zero-order valence-corrected chi connectivity index (χ0v) is 29.0. The fourth-order valence-electron chi connectivity index (χ4n) is 7.16. The van der Waals surface area contributed by atoms with Crippen LogP contribution in [0.5, 0.6) is 5.75 Å². The topological polar surface area (TPSA) is 56.6 Å². The van der Waals surface area contributed by atoms with Crippen molar-refractivity contribution in [2.45, 2.75) is 77.7 Å². The third-order valence-corrected chi connectivity index (χ3v) is 9.64. The van der Waals surface area contributed by atoms with Crippen molar-refractivity contribution >= 4 is 22.6 Å². The molecule has 48 heavy (non-hydrogen) atoms. The zero-order valence-electron chi connectivity index (χ0n) is 29.0. The van der Waals surface area contributed by atoms with Crippen LogP contribution in [-0.2, 0) is 17.4 Å². The molecular formula is C42H49N3O3. The molecule has 0 spiro atoms. The Hall–Kier alpha value is -4.58. The van der Waals surface area contributed by atoms with E-state index < -0.39 is 5.60 Å². The fourth-order valence-corrected chi connectivity index (χ4v) is 7.16. The number of hydrogen-bond donors (Lipinski definition) is 0. The van der Waals surface area contributed by atoms with E-state index in [0.29, 0.717) is 17.9 Å². The Bertz CT molecular complexity index is 1840. The number of para-hydroxylation sites is 1. The average Bonchev–Trinajstić information content (AvgIpc) is 3.59. The molecule has 0 amide bonds. The number of esters is 1. The molecule has 1 aliphatic heterocycles. The average molecular weight is 644 g/mol. The lowest BCUT2D eigenvalue weighted by Crippen LogP contribution is -2.32. The second-order valence-corrected chi connectivity index (χ2v) is 12.9. The Balaban J connectivity index is 1.64. The normalized spacial score (nSPS) is 15.5. The van der Waals surface area contributed by atoms with Gasteiger partial charge in [0.05, 0.1) is 17.9 Å². The molecule has 0 N–H and O–H groups in total. The van der Waals surface area contributed by atoms with Crippen LogP contribution >= 0.6 is 0 Å². The van der Waals surface area contributed by atoms with E-state index in [1.807, 2.05) is 18.2 Å². The number of carbonyl (C=O) groups excluding carboxylic acids is 1. The number of anilines is 1. The SMILES string of the molecule is CCCCCCOc1cc(N(CCCC)CCCC)ccc1C1(c2c(-c3ccccc3)n(C)c3ccccc23)OC(=O)c2cccnc21. The molecule has 0 saturated heterocycles. The lowest BCUT2D eigenvalue weighted by atomic mass is 9.79. The molecule has 1 atom stereocenters. The van der Waals surface area contributed by atoms with Gasteiger partial charge in [0.1, 0.15) is 11.4 Å². The summed E-state index contributed by atoms with van der Waals surface area (Å²) in [7, 11) is 2.09. The predicted octanol–water partition coefficient (Wildman–Crippen LogP) is 10.1. The van der Waals surface area contributed by atoms with Gasteiger partial charge in [0.15, 0.2) is 0 Å². The molecule has 6 nitrogen and oxygen atoms in total. The van der Waals surface area contributed by atoms with Gasteiger partial charge in [-0.1, -0.05) is 101 Å². The summed E-state index contributed by atoms with van der Waals surface area (Å²) in [6.07, 6.45) is 10.7. The molecule has 250 valence electrons. The maximum absolute atomic E-state index is 14.0. The van der Waals surface area contributed by atoms with Crippen LogP contribution < -0.4 is 9.64 Å². The molecule has 0 radical (unpaired) electrons. The van der Waals surface area contributed by atoms with Crippen molar-refractivity contribution in [3.8, 4) is 17.0 Å². The summed E-state index contributed by atoms with van der Waals surface area (Å²) in [4.78, 5) is 21.4. The van der Waals surface area contributed by atoms with Gasteiger partial charge in [0.25, 0.3) is 0 Å². The van der Waals surface area contributed by atoms with E-state index in [0.717, 1.165) is 103 Å². The molecule has 1 aliphatic rings. The van der Waals surface area contributed by atoms with Gasteiger partial charge < -0.3 is 18.9 Å². The number of nitrogens with zero attached hydrogens (tertiary/aromatic N) is 3. The Kier molecular flexibility index (Phi) is 10.5. The lowest BCUT2D eigenvalue weighted by Gasteiger charge is -2.33. The second-order valence-electron chi connectivity index (χ2n) is 12.9. The predicted molar refractivity (Wildman–Crippen MR) is 196 cm³/mol. The fraction of sp³-hybridized carbons (Fsp3) is 0.381. The molecule has 0 saturated carbocycles. The van der Waals surface area contributed by atoms with Crippen molar-refractivity contribution < 1.29 is 14.3 Å². The standard InChI is InChI=1S/C42H49N3O3/c1-5-8-11-17-29-47-37-30-32(45(27-9-6-2)28-10-7-3)24-25-35(37)42(40-34(41(46)48-42)22-18-26-43-40)38-33-21-15-16-23-36(33)44(4)39(38)31-19-13-12-14-20-31/h12-16,18-26,30H,5-11,17,27-29H2,1-4H3. The van der Waals surface area contributed by atoms with E-state index >= 15 is 0 Å². The first kappa shape index (κ1) is 33.3. The van der Waals surface area contributed by atoms with Crippen molar-refractivity contribution in [1.82, 2.24) is 9.55 Å². The molecule has 3 heterocycles. The van der Waals surface area contributed by atoms with Crippen molar-refractivity contribution in [3.63, 3.8) is 0 Å². The summed E-state index contributed by atoms with van der Waals surface area (Å²) in [6.45, 7) is 9.25. The third kappa shape index (κ3) is 6.21. The molecule has 6 rings (SSSR count). The first-order valence-electron chi connectivity index (χ1n) is 17.9. The maximum atomic E-state index is 14.0. The highest BCUT2D eigenvalue weighted by atomic mass is 16.6. The Morgan fingerprint density at radius 2 is 1.54 bits per heavy atom. The number of unbranched alkanes of at least 4 members (excludes halogenated alkanes) is 5. The van der Waals surface area contributed by atoms with Crippen LogP contribution in [-0.4, -0.2) is 35.2 Å². The largest absolute Gasteiger partial charge is 0.493 e. The van der Waals surface area contributed by atoms with Gasteiger partial charge in [-0.2, -0.15) is 0 Å². The van der Waals surface area contributed by atoms with E-state index in [2.05, 4.69) is 104 Å². The van der Waals surface area contributed by atoms with Gasteiger partial charge in [0, 0.05) is 60.1 Å². The minimum absolute atomic E-state index is 0.379. The monoisotopic (exact) mass is 643 g/mol. The molecular weight excluding hydrogens is 594 g/mol. The number of fused-ring (bicyclic) bond motifs is 2. The molecule has 0 fully saturated rings. The van der Waals surface area contributed by atoms with Crippen LogP contribution in [0.1, 0.15) is 99.3 Å². The summed E-state index contributed by atoms with van der Waals surface area (Å²) in [5.41, 5.74) is 5.64. The highest BCUT2D eigenvalue weighted by Gasteiger charge is 2.54. The Morgan fingerprint density at radius 1 is 0.812 bits per heavy atom. The van der Waals surface area contributed by atoms with Crippen molar-refractivity contribution in [2.24, 2.45) is 7.05 Å². The number of rotatable bonds is 16. The summed E-state index contributed by atoms with van der Waals surface area (Å²) in [5, 5.41) is 1.01. The van der Waals surface area contributed by atoms with Crippen LogP contribution in [0.15, 0.2) is 91.1 Å². The van der Waals surface area contributed by atoms with E-state index in [9.17, 15) is 4.79 Å². The van der Waals surface area contributed by atoms with Crippen LogP contribution in [0.4, 0.5) is 5.69 Å². The first-order chi connectivity index (χ1) is 23.5. The van der Waals surface area contributed by atoms with E-state index in [1.165, 1.54) is 6.42 Å². The van der Waals surface area contributed by atoms with E-state index in [-0.39, 0.29) is 5.97 Å². The van der Waals surface area contributed by atoms with E-state index in [1.54, 1.807) is 6.20 Å². The van der Waals surface area contributed by atoms with Crippen LogP contribution in [0.3, 0.4) is 0 Å². The van der Waals surface area contributed by atoms with Gasteiger partial charge in [-0.15, -0.1) is 0 Å². The van der Waals surface area contributed by atoms with Gasteiger partial charge >= 0.3 is 5.97 Å². The number of benzene rings is 3. The smallest absolute Gasteiger partial charge is 0.341 e. The summed E-state index contributed by atoms with van der Waals surface area (Å²) in [5.74, 6) is 0.357. The quantitative estimate of drug-likeness (QED) is 0.0791. The molecule has 6 heteroatoms. The molecule has 0 bridgehead atoms. The highest BCUT2D eigenvalue weighted by Crippen LogP contribution is 2.54. The molecule has 2 aromatic heterocycles.